The molecule has 1 amide bonds. The zero-order valence-electron chi connectivity index (χ0n) is 11.0. The summed E-state index contributed by atoms with van der Waals surface area (Å²) in [5, 5.41) is 5.45. The number of piperidine rings is 2. The fourth-order valence-electron chi connectivity index (χ4n) is 2.92. The second-order valence-corrected chi connectivity index (χ2v) is 5.51. The highest BCUT2D eigenvalue weighted by atomic mass is 16.2. The first-order valence-corrected chi connectivity index (χ1v) is 7.00. The van der Waals surface area contributed by atoms with Gasteiger partial charge in [-0.05, 0) is 46.1 Å². The van der Waals surface area contributed by atoms with E-state index in [2.05, 4.69) is 29.6 Å². The Labute approximate surface area is 104 Å². The number of hydrogen-bond donors (Lipinski definition) is 2. The van der Waals surface area contributed by atoms with Crippen LogP contribution in [0.1, 0.15) is 52.4 Å². The monoisotopic (exact) mass is 239 g/mol. The van der Waals surface area contributed by atoms with Gasteiger partial charge in [-0.3, -0.25) is 10.2 Å². The third kappa shape index (κ3) is 3.19. The Morgan fingerprint density at radius 1 is 1.12 bits per heavy atom. The van der Waals surface area contributed by atoms with Crippen LogP contribution in [0.15, 0.2) is 0 Å². The quantitative estimate of drug-likeness (QED) is 0.766. The zero-order chi connectivity index (χ0) is 12.3. The summed E-state index contributed by atoms with van der Waals surface area (Å²) >= 11 is 0. The van der Waals surface area contributed by atoms with Crippen molar-refractivity contribution in [3.63, 3.8) is 0 Å². The summed E-state index contributed by atoms with van der Waals surface area (Å²) in [5.41, 5.74) is 3.12. The first kappa shape index (κ1) is 12.8. The molecule has 2 rings (SSSR count). The lowest BCUT2D eigenvalue weighted by Crippen LogP contribution is -2.58. The topological polar surface area (TPSA) is 44.4 Å². The van der Waals surface area contributed by atoms with Gasteiger partial charge in [-0.25, -0.2) is 5.01 Å². The van der Waals surface area contributed by atoms with E-state index in [1.54, 1.807) is 0 Å². The van der Waals surface area contributed by atoms with E-state index in [1.807, 2.05) is 0 Å². The molecule has 17 heavy (non-hydrogen) atoms. The zero-order valence-corrected chi connectivity index (χ0v) is 11.0. The minimum Gasteiger partial charge on any atom is -0.306 e. The van der Waals surface area contributed by atoms with E-state index in [0.29, 0.717) is 12.1 Å². The Morgan fingerprint density at radius 3 is 2.41 bits per heavy atom. The van der Waals surface area contributed by atoms with Gasteiger partial charge in [-0.1, -0.05) is 12.8 Å². The van der Waals surface area contributed by atoms with Gasteiger partial charge < -0.3 is 5.32 Å². The number of carbonyl (C=O) groups excluding carboxylic acids is 1. The molecule has 2 heterocycles. The third-order valence-electron chi connectivity index (χ3n) is 4.06. The second-order valence-electron chi connectivity index (χ2n) is 5.51. The molecule has 98 valence electrons. The molecule has 0 aromatic heterocycles. The van der Waals surface area contributed by atoms with Crippen LogP contribution in [0.2, 0.25) is 0 Å². The highest BCUT2D eigenvalue weighted by Gasteiger charge is 2.29. The molecule has 2 aliphatic rings. The average Bonchev–Trinajstić information content (AvgIpc) is 2.35. The van der Waals surface area contributed by atoms with Crippen LogP contribution in [0.25, 0.3) is 0 Å². The molecule has 2 saturated heterocycles. The van der Waals surface area contributed by atoms with Gasteiger partial charge >= 0.3 is 0 Å². The number of hydrazine groups is 1. The molecule has 0 aromatic carbocycles. The van der Waals surface area contributed by atoms with Gasteiger partial charge in [0.2, 0.25) is 0 Å². The molecule has 0 radical (unpaired) electrons. The van der Waals surface area contributed by atoms with Gasteiger partial charge in [0.05, 0.1) is 6.04 Å². The van der Waals surface area contributed by atoms with Crippen molar-refractivity contribution in [1.29, 1.82) is 0 Å². The summed E-state index contributed by atoms with van der Waals surface area (Å²) in [6.07, 6.45) is 6.97. The van der Waals surface area contributed by atoms with Crippen LogP contribution >= 0.6 is 0 Å². The Hall–Kier alpha value is -0.610. The highest BCUT2D eigenvalue weighted by molar-refractivity contribution is 5.81. The van der Waals surface area contributed by atoms with E-state index in [9.17, 15) is 4.79 Å². The maximum atomic E-state index is 12.1. The average molecular weight is 239 g/mol. The number of rotatable bonds is 2. The van der Waals surface area contributed by atoms with E-state index in [0.717, 1.165) is 19.4 Å². The lowest BCUT2D eigenvalue weighted by atomic mass is 9.99. The van der Waals surface area contributed by atoms with Crippen LogP contribution < -0.4 is 10.7 Å². The minimum absolute atomic E-state index is 0.0186. The Morgan fingerprint density at radius 2 is 1.82 bits per heavy atom. The van der Waals surface area contributed by atoms with Crippen LogP contribution in [0.3, 0.4) is 0 Å². The van der Waals surface area contributed by atoms with E-state index in [4.69, 9.17) is 0 Å². The molecule has 4 heteroatoms. The Balaban J connectivity index is 1.87. The largest absolute Gasteiger partial charge is 0.306 e. The molecule has 2 unspecified atom stereocenters. The Kier molecular flexibility index (Phi) is 4.40. The van der Waals surface area contributed by atoms with Crippen molar-refractivity contribution in [2.24, 2.45) is 0 Å². The molecule has 2 fully saturated rings. The van der Waals surface area contributed by atoms with E-state index in [1.165, 1.54) is 25.7 Å². The molecule has 3 atom stereocenters. The molecular formula is C13H25N3O. The van der Waals surface area contributed by atoms with Crippen LogP contribution in [-0.4, -0.2) is 35.6 Å². The molecule has 0 aromatic rings. The van der Waals surface area contributed by atoms with Crippen LogP contribution in [0, 0.1) is 0 Å². The number of hydrogen-bond acceptors (Lipinski definition) is 3. The van der Waals surface area contributed by atoms with Gasteiger partial charge in [0, 0.05) is 12.1 Å². The smallest absolute Gasteiger partial charge is 0.251 e. The molecule has 2 N–H and O–H groups in total. The van der Waals surface area contributed by atoms with Gasteiger partial charge in [0.15, 0.2) is 0 Å². The SMILES string of the molecule is CC1CCCC(C)N1NC(=O)[C@@H]1CCCCN1. The van der Waals surface area contributed by atoms with E-state index in [-0.39, 0.29) is 11.9 Å². The number of carbonyl (C=O) groups is 1. The van der Waals surface area contributed by atoms with Crippen molar-refractivity contribution in [3.8, 4) is 0 Å². The van der Waals surface area contributed by atoms with Crippen LogP contribution in [0.4, 0.5) is 0 Å². The summed E-state index contributed by atoms with van der Waals surface area (Å²) in [5.74, 6) is 0.158. The third-order valence-corrected chi connectivity index (χ3v) is 4.06. The first-order valence-electron chi connectivity index (χ1n) is 7.00. The van der Waals surface area contributed by atoms with Crippen LogP contribution in [-0.2, 0) is 4.79 Å². The summed E-state index contributed by atoms with van der Waals surface area (Å²) in [4.78, 5) is 12.1. The van der Waals surface area contributed by atoms with Gasteiger partial charge in [0.25, 0.3) is 5.91 Å². The molecule has 0 saturated carbocycles. The van der Waals surface area contributed by atoms with Crippen molar-refractivity contribution in [2.45, 2.75) is 70.5 Å². The summed E-state index contributed by atoms with van der Waals surface area (Å²) < 4.78 is 0. The lowest BCUT2D eigenvalue weighted by molar-refractivity contribution is -0.132. The lowest BCUT2D eigenvalue weighted by Gasteiger charge is -2.39. The van der Waals surface area contributed by atoms with E-state index < -0.39 is 0 Å². The van der Waals surface area contributed by atoms with Crippen molar-refractivity contribution < 1.29 is 4.79 Å². The Bertz CT molecular complexity index is 253. The van der Waals surface area contributed by atoms with Gasteiger partial charge in [-0.2, -0.15) is 0 Å². The minimum atomic E-state index is 0.0186. The maximum Gasteiger partial charge on any atom is 0.251 e. The number of nitrogens with one attached hydrogen (secondary N) is 2. The fourth-order valence-corrected chi connectivity index (χ4v) is 2.92. The fraction of sp³-hybridized carbons (Fsp3) is 0.923. The molecule has 2 aliphatic heterocycles. The van der Waals surface area contributed by atoms with Crippen molar-refractivity contribution in [3.05, 3.63) is 0 Å². The van der Waals surface area contributed by atoms with Crippen LogP contribution in [0.5, 0.6) is 0 Å². The summed E-state index contributed by atoms with van der Waals surface area (Å²) in [6, 6.07) is 0.947. The predicted octanol–water partition coefficient (Wildman–Crippen LogP) is 1.42. The molecule has 0 aliphatic carbocycles. The highest BCUT2D eigenvalue weighted by Crippen LogP contribution is 2.20. The number of amides is 1. The standard InChI is InChI=1S/C13H25N3O/c1-10-6-5-7-11(2)16(10)15-13(17)12-8-3-4-9-14-12/h10-12,14H,3-9H2,1-2H3,(H,15,17)/t10?,11?,12-/m0/s1. The van der Waals surface area contributed by atoms with Crippen molar-refractivity contribution in [1.82, 2.24) is 15.8 Å². The van der Waals surface area contributed by atoms with Crippen molar-refractivity contribution in [2.75, 3.05) is 6.54 Å². The number of nitrogens with zero attached hydrogens (tertiary/aromatic N) is 1. The van der Waals surface area contributed by atoms with Gasteiger partial charge in [0.1, 0.15) is 0 Å². The molecule has 0 bridgehead atoms. The normalized spacial score (nSPS) is 35.5. The predicted molar refractivity (Wildman–Crippen MR) is 68.4 cm³/mol. The molecule has 0 spiro atoms. The summed E-state index contributed by atoms with van der Waals surface area (Å²) in [7, 11) is 0. The molecular weight excluding hydrogens is 214 g/mol. The molecule has 4 nitrogen and oxygen atoms in total. The maximum absolute atomic E-state index is 12.1. The van der Waals surface area contributed by atoms with Crippen molar-refractivity contribution >= 4 is 5.91 Å². The first-order chi connectivity index (χ1) is 8.18. The summed E-state index contributed by atoms with van der Waals surface area (Å²) in [6.45, 7) is 5.37. The van der Waals surface area contributed by atoms with Gasteiger partial charge in [-0.15, -0.1) is 0 Å². The van der Waals surface area contributed by atoms with E-state index >= 15 is 0 Å². The second kappa shape index (κ2) is 5.83.